The Hall–Kier alpha value is -1.61. The van der Waals surface area contributed by atoms with Crippen LogP contribution in [0.15, 0.2) is 24.3 Å². The summed E-state index contributed by atoms with van der Waals surface area (Å²) in [6.07, 6.45) is 2.92. The number of aliphatic hydroxyl groups excluding tert-OH is 1. The van der Waals surface area contributed by atoms with Crippen LogP contribution in [0, 0.1) is 6.92 Å². The molecule has 1 amide bonds. The van der Waals surface area contributed by atoms with Gasteiger partial charge < -0.3 is 10.8 Å². The molecule has 0 heterocycles. The number of carbonyl (C=O) groups excluding carboxylic acids is 1. The summed E-state index contributed by atoms with van der Waals surface area (Å²) in [5.74, 6) is -0.476. The molecule has 0 aromatic heterocycles. The third-order valence-electron chi connectivity index (χ3n) is 1.98. The lowest BCUT2D eigenvalue weighted by atomic mass is 10.1. The predicted molar refractivity (Wildman–Crippen MR) is 55.3 cm³/mol. The summed E-state index contributed by atoms with van der Waals surface area (Å²) < 4.78 is 0. The fourth-order valence-corrected chi connectivity index (χ4v) is 1.14. The van der Waals surface area contributed by atoms with E-state index in [0.717, 1.165) is 16.7 Å². The van der Waals surface area contributed by atoms with Gasteiger partial charge in [-0.15, -0.1) is 0 Å². The number of aryl methyl sites for hydroxylation is 1. The van der Waals surface area contributed by atoms with Gasteiger partial charge in [-0.25, -0.2) is 0 Å². The number of benzene rings is 1. The van der Waals surface area contributed by atoms with E-state index in [1.54, 1.807) is 6.08 Å². The van der Waals surface area contributed by atoms with Gasteiger partial charge in [0.15, 0.2) is 0 Å². The third-order valence-corrected chi connectivity index (χ3v) is 1.98. The van der Waals surface area contributed by atoms with Gasteiger partial charge in [0.1, 0.15) is 0 Å². The van der Waals surface area contributed by atoms with E-state index in [1.807, 2.05) is 25.1 Å². The van der Waals surface area contributed by atoms with Crippen LogP contribution in [0.4, 0.5) is 0 Å². The highest BCUT2D eigenvalue weighted by Gasteiger charge is 1.97. The standard InChI is InChI=1S/C11H13NO2/c1-8-2-3-9(4-5-11(12)14)6-10(8)7-13/h2-6,13H,7H2,1H3,(H2,12,14). The predicted octanol–water partition coefficient (Wildman–Crippen LogP) is 0.986. The Kier molecular flexibility index (Phi) is 3.42. The first-order chi connectivity index (χ1) is 6.63. The molecule has 0 saturated heterocycles. The minimum absolute atomic E-state index is 0.00405. The molecule has 0 spiro atoms. The van der Waals surface area contributed by atoms with Crippen LogP contribution in [-0.4, -0.2) is 11.0 Å². The van der Waals surface area contributed by atoms with Crippen molar-refractivity contribution >= 4 is 12.0 Å². The Morgan fingerprint density at radius 1 is 1.57 bits per heavy atom. The second-order valence-electron chi connectivity index (χ2n) is 3.08. The van der Waals surface area contributed by atoms with Crippen LogP contribution in [0.2, 0.25) is 0 Å². The minimum atomic E-state index is -0.476. The lowest BCUT2D eigenvalue weighted by Gasteiger charge is -2.02. The normalized spacial score (nSPS) is 10.7. The zero-order valence-corrected chi connectivity index (χ0v) is 8.03. The molecule has 3 nitrogen and oxygen atoms in total. The van der Waals surface area contributed by atoms with E-state index in [0.29, 0.717) is 0 Å². The topological polar surface area (TPSA) is 63.3 Å². The summed E-state index contributed by atoms with van der Waals surface area (Å²) in [5.41, 5.74) is 7.71. The Morgan fingerprint density at radius 2 is 2.29 bits per heavy atom. The van der Waals surface area contributed by atoms with E-state index >= 15 is 0 Å². The van der Waals surface area contributed by atoms with Crippen LogP contribution in [0.1, 0.15) is 16.7 Å². The Morgan fingerprint density at radius 3 is 2.86 bits per heavy atom. The zero-order chi connectivity index (χ0) is 10.6. The largest absolute Gasteiger partial charge is 0.392 e. The molecule has 0 aliphatic carbocycles. The number of nitrogens with two attached hydrogens (primary N) is 1. The maximum atomic E-state index is 10.5. The molecule has 0 radical (unpaired) electrons. The van der Waals surface area contributed by atoms with Crippen molar-refractivity contribution in [1.29, 1.82) is 0 Å². The summed E-state index contributed by atoms with van der Waals surface area (Å²) in [7, 11) is 0. The van der Waals surface area contributed by atoms with Gasteiger partial charge in [0.2, 0.25) is 5.91 Å². The molecule has 14 heavy (non-hydrogen) atoms. The van der Waals surface area contributed by atoms with Gasteiger partial charge in [0, 0.05) is 6.08 Å². The summed E-state index contributed by atoms with van der Waals surface area (Å²) >= 11 is 0. The van der Waals surface area contributed by atoms with Crippen LogP contribution in [0.3, 0.4) is 0 Å². The van der Waals surface area contributed by atoms with Gasteiger partial charge in [-0.3, -0.25) is 4.79 Å². The molecule has 3 N–H and O–H groups in total. The van der Waals surface area contributed by atoms with E-state index < -0.39 is 5.91 Å². The summed E-state index contributed by atoms with van der Waals surface area (Å²) in [5, 5.41) is 9.00. The Labute approximate surface area is 82.9 Å². The quantitative estimate of drug-likeness (QED) is 0.700. The first kappa shape index (κ1) is 10.5. The number of aliphatic hydroxyl groups is 1. The van der Waals surface area contributed by atoms with Crippen molar-refractivity contribution in [2.45, 2.75) is 13.5 Å². The van der Waals surface area contributed by atoms with Crippen molar-refractivity contribution in [2.24, 2.45) is 5.73 Å². The van der Waals surface area contributed by atoms with E-state index in [2.05, 4.69) is 0 Å². The first-order valence-electron chi connectivity index (χ1n) is 4.31. The van der Waals surface area contributed by atoms with Gasteiger partial charge in [-0.1, -0.05) is 12.1 Å². The Balaban J connectivity index is 2.95. The molecule has 0 atom stereocenters. The van der Waals surface area contributed by atoms with Gasteiger partial charge in [-0.2, -0.15) is 0 Å². The molecule has 0 bridgehead atoms. The van der Waals surface area contributed by atoms with E-state index in [4.69, 9.17) is 10.8 Å². The van der Waals surface area contributed by atoms with Crippen molar-refractivity contribution < 1.29 is 9.90 Å². The molecule has 0 unspecified atom stereocenters. The second-order valence-corrected chi connectivity index (χ2v) is 3.08. The maximum absolute atomic E-state index is 10.5. The van der Waals surface area contributed by atoms with Gasteiger partial charge in [-0.05, 0) is 35.8 Å². The highest BCUT2D eigenvalue weighted by Crippen LogP contribution is 2.12. The maximum Gasteiger partial charge on any atom is 0.241 e. The van der Waals surface area contributed by atoms with Crippen LogP contribution in [-0.2, 0) is 11.4 Å². The third kappa shape index (κ3) is 2.71. The van der Waals surface area contributed by atoms with Crippen molar-refractivity contribution in [1.82, 2.24) is 0 Å². The van der Waals surface area contributed by atoms with Gasteiger partial charge in [0.05, 0.1) is 6.61 Å². The molecule has 0 aliphatic heterocycles. The average molecular weight is 191 g/mol. The number of carbonyl (C=O) groups is 1. The summed E-state index contributed by atoms with van der Waals surface area (Å²) in [4.78, 5) is 10.5. The molecule has 74 valence electrons. The molecule has 0 aliphatic rings. The van der Waals surface area contributed by atoms with E-state index in [-0.39, 0.29) is 6.61 Å². The lowest BCUT2D eigenvalue weighted by molar-refractivity contribution is -0.113. The first-order valence-corrected chi connectivity index (χ1v) is 4.31. The van der Waals surface area contributed by atoms with E-state index in [1.165, 1.54) is 6.08 Å². The average Bonchev–Trinajstić information content (AvgIpc) is 2.16. The molecule has 1 rings (SSSR count). The van der Waals surface area contributed by atoms with Crippen molar-refractivity contribution in [2.75, 3.05) is 0 Å². The van der Waals surface area contributed by atoms with Crippen LogP contribution >= 0.6 is 0 Å². The number of amides is 1. The smallest absolute Gasteiger partial charge is 0.241 e. The monoisotopic (exact) mass is 191 g/mol. The van der Waals surface area contributed by atoms with Crippen LogP contribution in [0.25, 0.3) is 6.08 Å². The highest BCUT2D eigenvalue weighted by atomic mass is 16.3. The molecule has 1 aromatic rings. The number of rotatable bonds is 3. The summed E-state index contributed by atoms with van der Waals surface area (Å²) in [6, 6.07) is 5.59. The number of hydrogen-bond donors (Lipinski definition) is 2. The fourth-order valence-electron chi connectivity index (χ4n) is 1.14. The van der Waals surface area contributed by atoms with Crippen molar-refractivity contribution in [3.05, 3.63) is 41.0 Å². The lowest BCUT2D eigenvalue weighted by Crippen LogP contribution is -2.05. The molecule has 1 aromatic carbocycles. The molecular weight excluding hydrogens is 178 g/mol. The molecule has 0 saturated carbocycles. The molecule has 3 heteroatoms. The second kappa shape index (κ2) is 4.58. The van der Waals surface area contributed by atoms with Crippen molar-refractivity contribution in [3.8, 4) is 0 Å². The summed E-state index contributed by atoms with van der Waals surface area (Å²) in [6.45, 7) is 1.93. The van der Waals surface area contributed by atoms with E-state index in [9.17, 15) is 4.79 Å². The molecular formula is C11H13NO2. The fraction of sp³-hybridized carbons (Fsp3) is 0.182. The zero-order valence-electron chi connectivity index (χ0n) is 8.03. The van der Waals surface area contributed by atoms with Crippen molar-refractivity contribution in [3.63, 3.8) is 0 Å². The number of hydrogen-bond acceptors (Lipinski definition) is 2. The minimum Gasteiger partial charge on any atom is -0.392 e. The van der Waals surface area contributed by atoms with Crippen LogP contribution in [0.5, 0.6) is 0 Å². The number of primary amides is 1. The van der Waals surface area contributed by atoms with Gasteiger partial charge >= 0.3 is 0 Å². The SMILES string of the molecule is Cc1ccc(C=CC(N)=O)cc1CO. The van der Waals surface area contributed by atoms with Gasteiger partial charge in [0.25, 0.3) is 0 Å². The Bertz CT molecular complexity index is 370. The molecule has 0 fully saturated rings. The highest BCUT2D eigenvalue weighted by molar-refractivity contribution is 5.90. The van der Waals surface area contributed by atoms with Crippen LogP contribution < -0.4 is 5.73 Å².